The van der Waals surface area contributed by atoms with E-state index in [1.54, 1.807) is 37.3 Å². The smallest absolute Gasteiger partial charge is 0.231 e. The fourth-order valence-corrected chi connectivity index (χ4v) is 3.38. The van der Waals surface area contributed by atoms with Crippen molar-refractivity contribution < 1.29 is 18.7 Å². The summed E-state index contributed by atoms with van der Waals surface area (Å²) in [6, 6.07) is 15.7. The Morgan fingerprint density at radius 2 is 1.83 bits per heavy atom. The minimum atomic E-state index is -0.425. The molecule has 0 unspecified atom stereocenters. The number of ether oxygens (including phenoxy) is 2. The average molecular weight is 409 g/mol. The number of hydrogen-bond donors (Lipinski definition) is 0. The van der Waals surface area contributed by atoms with Crippen LogP contribution >= 0.6 is 11.6 Å². The Bertz CT molecular complexity index is 1110. The number of carbonyl (C=O) groups excluding carboxylic acids is 1. The molecule has 3 aromatic carbocycles. The molecule has 0 spiro atoms. The first-order valence-electron chi connectivity index (χ1n) is 9.14. The summed E-state index contributed by atoms with van der Waals surface area (Å²) in [5.41, 5.74) is 3.47. The van der Waals surface area contributed by atoms with E-state index < -0.39 is 5.82 Å². The van der Waals surface area contributed by atoms with Crippen molar-refractivity contribution in [2.24, 2.45) is 0 Å². The molecule has 4 rings (SSSR count). The predicted molar refractivity (Wildman–Crippen MR) is 111 cm³/mol. The lowest BCUT2D eigenvalue weighted by Crippen LogP contribution is -2.01. The lowest BCUT2D eigenvalue weighted by molar-refractivity contribution is 0.101. The maximum absolute atomic E-state index is 14.0. The molecule has 0 saturated heterocycles. The fourth-order valence-electron chi connectivity index (χ4n) is 3.16. The van der Waals surface area contributed by atoms with Crippen molar-refractivity contribution in [3.05, 3.63) is 99.0 Å². The second kappa shape index (κ2) is 7.72. The molecule has 1 heterocycles. The van der Waals surface area contributed by atoms with Crippen molar-refractivity contribution in [3.63, 3.8) is 0 Å². The monoisotopic (exact) mass is 408 g/mol. The summed E-state index contributed by atoms with van der Waals surface area (Å²) in [5.74, 6) is 0.637. The summed E-state index contributed by atoms with van der Waals surface area (Å²) >= 11 is 6.06. The first kappa shape index (κ1) is 19.2. The third kappa shape index (κ3) is 3.76. The second-order valence-electron chi connectivity index (χ2n) is 6.90. The number of carbonyl (C=O) groups is 1. The van der Waals surface area contributed by atoms with Crippen LogP contribution in [0.4, 0.5) is 4.39 Å². The van der Waals surface area contributed by atoms with Crippen molar-refractivity contribution in [1.82, 2.24) is 0 Å². The Balaban J connectivity index is 1.59. The van der Waals surface area contributed by atoms with E-state index in [-0.39, 0.29) is 23.7 Å². The molecule has 1 aliphatic heterocycles. The maximum Gasteiger partial charge on any atom is 0.231 e. The van der Waals surface area contributed by atoms with E-state index in [0.29, 0.717) is 27.6 Å². The Morgan fingerprint density at radius 3 is 2.55 bits per heavy atom. The minimum absolute atomic E-state index is 0.0227. The van der Waals surface area contributed by atoms with Gasteiger partial charge >= 0.3 is 0 Å². The Kier molecular flexibility index (Phi) is 5.12. The largest absolute Gasteiger partial charge is 0.488 e. The number of halogens is 2. The molecule has 0 N–H and O–H groups in total. The van der Waals surface area contributed by atoms with Gasteiger partial charge in [-0.25, -0.2) is 4.39 Å². The van der Waals surface area contributed by atoms with E-state index in [0.717, 1.165) is 11.1 Å². The van der Waals surface area contributed by atoms with Crippen LogP contribution in [0.25, 0.3) is 6.08 Å². The van der Waals surface area contributed by atoms with E-state index in [1.165, 1.54) is 6.07 Å². The highest BCUT2D eigenvalue weighted by molar-refractivity contribution is 6.31. The lowest BCUT2D eigenvalue weighted by atomic mass is 10.1. The van der Waals surface area contributed by atoms with Crippen LogP contribution in [-0.2, 0) is 6.61 Å². The lowest BCUT2D eigenvalue weighted by Gasteiger charge is -2.12. The van der Waals surface area contributed by atoms with Crippen molar-refractivity contribution in [2.75, 3.05) is 0 Å². The number of fused-ring (bicyclic) bond motifs is 1. The highest BCUT2D eigenvalue weighted by atomic mass is 35.5. The van der Waals surface area contributed by atoms with E-state index >= 15 is 0 Å². The Hall–Kier alpha value is -3.11. The van der Waals surface area contributed by atoms with Gasteiger partial charge in [0, 0.05) is 11.1 Å². The fraction of sp³-hybridized carbons (Fsp3) is 0.125. The van der Waals surface area contributed by atoms with Crippen LogP contribution in [0.5, 0.6) is 11.5 Å². The highest BCUT2D eigenvalue weighted by Crippen LogP contribution is 2.39. The van der Waals surface area contributed by atoms with Crippen LogP contribution in [0.15, 0.2) is 60.4 Å². The summed E-state index contributed by atoms with van der Waals surface area (Å²) < 4.78 is 25.6. The summed E-state index contributed by atoms with van der Waals surface area (Å²) in [4.78, 5) is 12.7. The first-order chi connectivity index (χ1) is 13.9. The summed E-state index contributed by atoms with van der Waals surface area (Å²) in [6.07, 6.45) is 1.72. The van der Waals surface area contributed by atoms with Crippen LogP contribution in [0.3, 0.4) is 0 Å². The number of Topliss-reactive ketones (excluding diaryl/α,β-unsaturated/α-hetero) is 1. The van der Waals surface area contributed by atoms with Crippen LogP contribution in [-0.4, -0.2) is 5.78 Å². The standard InChI is InChI=1S/C24H18ClFO3/c1-14-6-8-16(9-7-14)12-22-23(27)17-10-11-21(15(2)24(17)29-22)28-13-18-19(25)4-3-5-20(18)26/h3-12H,13H2,1-2H3/b22-12-. The normalized spacial score (nSPS) is 14.1. The molecule has 3 nitrogen and oxygen atoms in total. The van der Waals surface area contributed by atoms with E-state index in [2.05, 4.69) is 0 Å². The third-order valence-corrected chi connectivity index (χ3v) is 5.20. The zero-order chi connectivity index (χ0) is 20.5. The first-order valence-corrected chi connectivity index (χ1v) is 9.52. The predicted octanol–water partition coefficient (Wildman–Crippen LogP) is 6.29. The number of ketones is 1. The minimum Gasteiger partial charge on any atom is -0.488 e. The highest BCUT2D eigenvalue weighted by Gasteiger charge is 2.30. The number of allylic oxidation sites excluding steroid dienone is 1. The molecule has 1 aliphatic rings. The van der Waals surface area contributed by atoms with Crippen LogP contribution < -0.4 is 9.47 Å². The summed E-state index contributed by atoms with van der Waals surface area (Å²) in [5, 5.41) is 0.304. The van der Waals surface area contributed by atoms with Gasteiger partial charge in [-0.1, -0.05) is 47.5 Å². The second-order valence-corrected chi connectivity index (χ2v) is 7.31. The molecule has 0 aromatic heterocycles. The molecule has 0 saturated carbocycles. The number of hydrogen-bond acceptors (Lipinski definition) is 3. The van der Waals surface area contributed by atoms with Gasteiger partial charge in [0.1, 0.15) is 23.9 Å². The Morgan fingerprint density at radius 1 is 1.07 bits per heavy atom. The van der Waals surface area contributed by atoms with Crippen LogP contribution in [0, 0.1) is 19.7 Å². The van der Waals surface area contributed by atoms with Gasteiger partial charge < -0.3 is 9.47 Å². The molecule has 29 heavy (non-hydrogen) atoms. The number of aryl methyl sites for hydroxylation is 1. The zero-order valence-electron chi connectivity index (χ0n) is 16.0. The Labute approximate surface area is 173 Å². The summed E-state index contributed by atoms with van der Waals surface area (Å²) in [6.45, 7) is 3.79. The molecule has 0 radical (unpaired) electrons. The quantitative estimate of drug-likeness (QED) is 0.476. The van der Waals surface area contributed by atoms with Gasteiger partial charge in [-0.05, 0) is 49.8 Å². The molecule has 0 atom stereocenters. The van der Waals surface area contributed by atoms with Gasteiger partial charge in [-0.15, -0.1) is 0 Å². The molecule has 0 amide bonds. The molecule has 146 valence electrons. The topological polar surface area (TPSA) is 35.5 Å². The summed E-state index contributed by atoms with van der Waals surface area (Å²) in [7, 11) is 0. The molecule has 0 aliphatic carbocycles. The van der Waals surface area contributed by atoms with Gasteiger partial charge in [-0.3, -0.25) is 4.79 Å². The SMILES string of the molecule is Cc1ccc(/C=C2\Oc3c(ccc(OCc4c(F)cccc4Cl)c3C)C2=O)cc1. The zero-order valence-corrected chi connectivity index (χ0v) is 16.7. The van der Waals surface area contributed by atoms with Gasteiger partial charge in [0.05, 0.1) is 10.6 Å². The number of benzene rings is 3. The van der Waals surface area contributed by atoms with Crippen LogP contribution in [0.1, 0.15) is 32.6 Å². The molecular formula is C24H18ClFO3. The average Bonchev–Trinajstić information content (AvgIpc) is 3.01. The van der Waals surface area contributed by atoms with E-state index in [1.807, 2.05) is 31.2 Å². The maximum atomic E-state index is 14.0. The van der Waals surface area contributed by atoms with Gasteiger partial charge in [0.25, 0.3) is 0 Å². The van der Waals surface area contributed by atoms with E-state index in [4.69, 9.17) is 21.1 Å². The molecule has 0 bridgehead atoms. The van der Waals surface area contributed by atoms with Gasteiger partial charge in [0.15, 0.2) is 5.76 Å². The molecular weight excluding hydrogens is 391 g/mol. The molecule has 5 heteroatoms. The van der Waals surface area contributed by atoms with E-state index in [9.17, 15) is 9.18 Å². The van der Waals surface area contributed by atoms with Gasteiger partial charge in [0.2, 0.25) is 5.78 Å². The van der Waals surface area contributed by atoms with Crippen molar-refractivity contribution in [3.8, 4) is 11.5 Å². The molecule has 3 aromatic rings. The molecule has 0 fully saturated rings. The number of rotatable bonds is 4. The van der Waals surface area contributed by atoms with Crippen molar-refractivity contribution in [1.29, 1.82) is 0 Å². The van der Waals surface area contributed by atoms with Crippen LogP contribution in [0.2, 0.25) is 5.02 Å². The van der Waals surface area contributed by atoms with Gasteiger partial charge in [-0.2, -0.15) is 0 Å². The van der Waals surface area contributed by atoms with Crippen molar-refractivity contribution in [2.45, 2.75) is 20.5 Å². The van der Waals surface area contributed by atoms with Crippen molar-refractivity contribution >= 4 is 23.5 Å². The third-order valence-electron chi connectivity index (χ3n) is 4.85.